The fraction of sp³-hybridized carbons (Fsp3) is 0.158. The second-order valence-electron chi connectivity index (χ2n) is 5.35. The molecule has 0 heterocycles. The van der Waals surface area contributed by atoms with Gasteiger partial charge in [-0.2, -0.15) is 0 Å². The summed E-state index contributed by atoms with van der Waals surface area (Å²) in [7, 11) is 0. The lowest BCUT2D eigenvalue weighted by atomic mass is 9.99. The van der Waals surface area contributed by atoms with E-state index < -0.39 is 0 Å². The first-order valence-corrected chi connectivity index (χ1v) is 7.54. The molecular formula is C19H18ClN. The van der Waals surface area contributed by atoms with Crippen molar-refractivity contribution < 1.29 is 0 Å². The molecule has 0 aliphatic rings. The Hall–Kier alpha value is -1.99. The monoisotopic (exact) mass is 295 g/mol. The molecule has 1 atom stereocenters. The van der Waals surface area contributed by atoms with E-state index in [1.54, 1.807) is 0 Å². The fourth-order valence-corrected chi connectivity index (χ4v) is 2.88. The van der Waals surface area contributed by atoms with Crippen molar-refractivity contribution in [3.05, 3.63) is 76.8 Å². The maximum Gasteiger partial charge on any atom is 0.0491 e. The number of hydrogen-bond donors (Lipinski definition) is 1. The fourth-order valence-electron chi connectivity index (χ4n) is 2.70. The van der Waals surface area contributed by atoms with Crippen LogP contribution >= 0.6 is 11.6 Å². The highest BCUT2D eigenvalue weighted by Crippen LogP contribution is 2.29. The van der Waals surface area contributed by atoms with E-state index in [-0.39, 0.29) is 6.04 Å². The van der Waals surface area contributed by atoms with Gasteiger partial charge in [0, 0.05) is 16.8 Å². The van der Waals surface area contributed by atoms with Crippen LogP contribution in [0.5, 0.6) is 0 Å². The molecule has 0 amide bonds. The van der Waals surface area contributed by atoms with Crippen LogP contribution in [0.15, 0.2) is 60.7 Å². The maximum atomic E-state index is 6.20. The average molecular weight is 296 g/mol. The summed E-state index contributed by atoms with van der Waals surface area (Å²) >= 11 is 6.20. The summed E-state index contributed by atoms with van der Waals surface area (Å²) < 4.78 is 0. The highest BCUT2D eigenvalue weighted by atomic mass is 35.5. The highest BCUT2D eigenvalue weighted by Gasteiger charge is 2.10. The second-order valence-corrected chi connectivity index (χ2v) is 5.75. The van der Waals surface area contributed by atoms with Gasteiger partial charge in [-0.3, -0.25) is 0 Å². The molecule has 0 aliphatic heterocycles. The van der Waals surface area contributed by atoms with Crippen LogP contribution < -0.4 is 5.32 Å². The van der Waals surface area contributed by atoms with E-state index in [0.29, 0.717) is 0 Å². The first-order chi connectivity index (χ1) is 10.2. The van der Waals surface area contributed by atoms with Crippen molar-refractivity contribution in [3.63, 3.8) is 0 Å². The smallest absolute Gasteiger partial charge is 0.0491 e. The molecule has 3 aromatic carbocycles. The summed E-state index contributed by atoms with van der Waals surface area (Å²) in [4.78, 5) is 0. The van der Waals surface area contributed by atoms with Gasteiger partial charge in [0.2, 0.25) is 0 Å². The third-order valence-corrected chi connectivity index (χ3v) is 4.34. The number of fused-ring (bicyclic) bond motifs is 1. The van der Waals surface area contributed by atoms with Crippen molar-refractivity contribution in [1.29, 1.82) is 0 Å². The van der Waals surface area contributed by atoms with Crippen molar-refractivity contribution in [2.75, 3.05) is 5.32 Å². The van der Waals surface area contributed by atoms with Gasteiger partial charge in [-0.1, -0.05) is 60.1 Å². The number of hydrogen-bond acceptors (Lipinski definition) is 1. The average Bonchev–Trinajstić information content (AvgIpc) is 2.51. The van der Waals surface area contributed by atoms with Crippen molar-refractivity contribution >= 4 is 28.1 Å². The minimum absolute atomic E-state index is 0.216. The number of rotatable bonds is 3. The van der Waals surface area contributed by atoms with Crippen LogP contribution in [0, 0.1) is 6.92 Å². The van der Waals surface area contributed by atoms with Gasteiger partial charge < -0.3 is 5.32 Å². The lowest BCUT2D eigenvalue weighted by molar-refractivity contribution is 0.892. The van der Waals surface area contributed by atoms with Gasteiger partial charge in [0.25, 0.3) is 0 Å². The van der Waals surface area contributed by atoms with Crippen molar-refractivity contribution in [1.82, 2.24) is 0 Å². The molecule has 0 saturated heterocycles. The molecule has 1 unspecified atom stereocenters. The molecule has 0 aliphatic carbocycles. The molecule has 1 N–H and O–H groups in total. The highest BCUT2D eigenvalue weighted by molar-refractivity contribution is 6.31. The Labute approximate surface area is 130 Å². The summed E-state index contributed by atoms with van der Waals surface area (Å²) in [5.74, 6) is 0. The van der Waals surface area contributed by atoms with E-state index in [2.05, 4.69) is 60.8 Å². The molecule has 1 nitrogen and oxygen atoms in total. The number of nitrogens with one attached hydrogen (secondary N) is 1. The zero-order chi connectivity index (χ0) is 14.8. The van der Waals surface area contributed by atoms with Gasteiger partial charge >= 0.3 is 0 Å². The standard InChI is InChI=1S/C19H18ClN/c1-13-18(20)11-6-12-19(13)21-14(2)16-10-5-8-15-7-3-4-9-17(15)16/h3-12,14,21H,1-2H3. The molecule has 0 spiro atoms. The van der Waals surface area contributed by atoms with Gasteiger partial charge in [-0.05, 0) is 47.9 Å². The molecule has 2 heteroatoms. The molecule has 21 heavy (non-hydrogen) atoms. The summed E-state index contributed by atoms with van der Waals surface area (Å²) in [6.07, 6.45) is 0. The molecule has 106 valence electrons. The lowest BCUT2D eigenvalue weighted by Crippen LogP contribution is -2.08. The summed E-state index contributed by atoms with van der Waals surface area (Å²) in [5, 5.41) is 6.93. The Morgan fingerprint density at radius 1 is 0.905 bits per heavy atom. The van der Waals surface area contributed by atoms with E-state index in [1.807, 2.05) is 19.1 Å². The van der Waals surface area contributed by atoms with Crippen LogP contribution in [0.3, 0.4) is 0 Å². The predicted octanol–water partition coefficient (Wildman–Crippen LogP) is 5.97. The lowest BCUT2D eigenvalue weighted by Gasteiger charge is -2.19. The van der Waals surface area contributed by atoms with E-state index in [4.69, 9.17) is 11.6 Å². The Morgan fingerprint density at radius 2 is 1.62 bits per heavy atom. The summed E-state index contributed by atoms with van der Waals surface area (Å²) in [6, 6.07) is 21.1. The van der Waals surface area contributed by atoms with Crippen LogP contribution in [0.25, 0.3) is 10.8 Å². The Balaban J connectivity index is 1.97. The second kappa shape index (κ2) is 5.79. The molecule has 0 fully saturated rings. The summed E-state index contributed by atoms with van der Waals surface area (Å²) in [5.41, 5.74) is 3.47. The van der Waals surface area contributed by atoms with Crippen molar-refractivity contribution in [2.45, 2.75) is 19.9 Å². The van der Waals surface area contributed by atoms with Gasteiger partial charge in [0.15, 0.2) is 0 Å². The number of anilines is 1. The minimum atomic E-state index is 0.216. The first-order valence-electron chi connectivity index (χ1n) is 7.16. The van der Waals surface area contributed by atoms with Gasteiger partial charge in [-0.15, -0.1) is 0 Å². The first kappa shape index (κ1) is 14.0. The van der Waals surface area contributed by atoms with Crippen molar-refractivity contribution in [3.8, 4) is 0 Å². The largest absolute Gasteiger partial charge is 0.378 e. The molecule has 0 bridgehead atoms. The number of benzene rings is 3. The van der Waals surface area contributed by atoms with E-state index in [1.165, 1.54) is 16.3 Å². The molecule has 3 rings (SSSR count). The zero-order valence-electron chi connectivity index (χ0n) is 12.2. The van der Waals surface area contributed by atoms with Crippen LogP contribution in [0.4, 0.5) is 5.69 Å². The Morgan fingerprint density at radius 3 is 2.48 bits per heavy atom. The van der Waals surface area contributed by atoms with Crippen molar-refractivity contribution in [2.24, 2.45) is 0 Å². The quantitative estimate of drug-likeness (QED) is 0.627. The normalized spacial score (nSPS) is 12.3. The maximum absolute atomic E-state index is 6.20. The van der Waals surface area contributed by atoms with E-state index in [9.17, 15) is 0 Å². The summed E-state index contributed by atoms with van der Waals surface area (Å²) in [6.45, 7) is 4.22. The molecule has 3 aromatic rings. The third-order valence-electron chi connectivity index (χ3n) is 3.93. The van der Waals surface area contributed by atoms with Gasteiger partial charge in [0.1, 0.15) is 0 Å². The topological polar surface area (TPSA) is 12.0 Å². The third kappa shape index (κ3) is 2.74. The molecule has 0 saturated carbocycles. The zero-order valence-corrected chi connectivity index (χ0v) is 13.0. The Kier molecular flexibility index (Phi) is 3.85. The van der Waals surface area contributed by atoms with E-state index in [0.717, 1.165) is 16.3 Å². The van der Waals surface area contributed by atoms with Gasteiger partial charge in [0.05, 0.1) is 0 Å². The minimum Gasteiger partial charge on any atom is -0.378 e. The predicted molar refractivity (Wildman–Crippen MR) is 92.2 cm³/mol. The SMILES string of the molecule is Cc1c(Cl)cccc1NC(C)c1cccc2ccccc12. The van der Waals surface area contributed by atoms with Crippen LogP contribution in [-0.4, -0.2) is 0 Å². The molecule has 0 radical (unpaired) electrons. The molecule has 0 aromatic heterocycles. The van der Waals surface area contributed by atoms with Crippen LogP contribution in [0.1, 0.15) is 24.1 Å². The van der Waals surface area contributed by atoms with E-state index >= 15 is 0 Å². The van der Waals surface area contributed by atoms with Crippen LogP contribution in [0.2, 0.25) is 5.02 Å². The molecular weight excluding hydrogens is 278 g/mol. The number of halogens is 1. The van der Waals surface area contributed by atoms with Crippen LogP contribution in [-0.2, 0) is 0 Å². The Bertz CT molecular complexity index is 774. The van der Waals surface area contributed by atoms with Gasteiger partial charge in [-0.25, -0.2) is 0 Å².